The van der Waals surface area contributed by atoms with Crippen molar-refractivity contribution in [2.24, 2.45) is 0 Å². The van der Waals surface area contributed by atoms with Gasteiger partial charge in [0.05, 0.1) is 6.54 Å². The van der Waals surface area contributed by atoms with Crippen LogP contribution < -0.4 is 0 Å². The highest BCUT2D eigenvalue weighted by Crippen LogP contribution is 2.25. The minimum absolute atomic E-state index is 0.165. The molecule has 0 bridgehead atoms. The molecule has 4 heterocycles. The summed E-state index contributed by atoms with van der Waals surface area (Å²) in [6.07, 6.45) is 1.04. The fourth-order valence-electron chi connectivity index (χ4n) is 3.59. The van der Waals surface area contributed by atoms with E-state index in [1.54, 1.807) is 0 Å². The number of carbonyl (C=O) groups is 1. The molecule has 1 aliphatic heterocycles. The normalized spacial score (nSPS) is 14.7. The Morgan fingerprint density at radius 1 is 1.32 bits per heavy atom. The monoisotopic (exact) mass is 355 g/mol. The summed E-state index contributed by atoms with van der Waals surface area (Å²) >= 11 is 1.82. The van der Waals surface area contributed by atoms with E-state index in [9.17, 15) is 4.79 Å². The average molecular weight is 355 g/mol. The van der Waals surface area contributed by atoms with Gasteiger partial charge in [-0.25, -0.2) is 0 Å². The van der Waals surface area contributed by atoms with E-state index in [0.717, 1.165) is 48.0 Å². The zero-order valence-corrected chi connectivity index (χ0v) is 15.5. The fourth-order valence-corrected chi connectivity index (χ4v) is 4.48. The van der Waals surface area contributed by atoms with E-state index in [0.29, 0.717) is 6.54 Å². The first kappa shape index (κ1) is 16.3. The SMILES string of the molecule is Cc1cc(-n2c(C)cc(C(=O)CN3CCc4sccc4C3)c2C)no1. The molecule has 0 N–H and O–H groups in total. The van der Waals surface area contributed by atoms with Crippen molar-refractivity contribution in [1.29, 1.82) is 0 Å². The van der Waals surface area contributed by atoms with Crippen LogP contribution in [0.3, 0.4) is 0 Å². The molecule has 4 rings (SSSR count). The molecular formula is C19H21N3O2S. The van der Waals surface area contributed by atoms with Gasteiger partial charge in [-0.05, 0) is 50.3 Å². The average Bonchev–Trinajstić information content (AvgIpc) is 3.26. The second-order valence-corrected chi connectivity index (χ2v) is 7.67. The van der Waals surface area contributed by atoms with E-state index in [1.165, 1.54) is 10.4 Å². The molecule has 0 aromatic carbocycles. The Kier molecular flexibility index (Phi) is 4.09. The molecule has 0 radical (unpaired) electrons. The Morgan fingerprint density at radius 3 is 2.92 bits per heavy atom. The first-order chi connectivity index (χ1) is 12.0. The van der Waals surface area contributed by atoms with E-state index in [1.807, 2.05) is 48.8 Å². The third-order valence-electron chi connectivity index (χ3n) is 4.83. The van der Waals surface area contributed by atoms with Crippen LogP contribution in [-0.2, 0) is 13.0 Å². The number of carbonyl (C=O) groups excluding carboxylic acids is 1. The Morgan fingerprint density at radius 2 is 2.16 bits per heavy atom. The Labute approximate surface area is 150 Å². The fraction of sp³-hybridized carbons (Fsp3) is 0.368. The van der Waals surface area contributed by atoms with E-state index in [2.05, 4.69) is 21.5 Å². The number of rotatable bonds is 4. The van der Waals surface area contributed by atoms with Gasteiger partial charge in [-0.1, -0.05) is 5.16 Å². The summed E-state index contributed by atoms with van der Waals surface area (Å²) in [7, 11) is 0. The number of nitrogens with zero attached hydrogens (tertiary/aromatic N) is 3. The summed E-state index contributed by atoms with van der Waals surface area (Å²) < 4.78 is 7.17. The molecule has 0 aliphatic carbocycles. The standard InChI is InChI=1S/C19H21N3O2S/c1-12-8-16(14(3)22(12)19-9-13(2)24-20-19)17(23)11-21-6-4-18-15(10-21)5-7-25-18/h5,7-9H,4,6,10-11H2,1-3H3. The van der Waals surface area contributed by atoms with Crippen LogP contribution in [0.2, 0.25) is 0 Å². The van der Waals surface area contributed by atoms with Gasteiger partial charge in [-0.2, -0.15) is 0 Å². The van der Waals surface area contributed by atoms with Crippen LogP contribution in [0.25, 0.3) is 5.82 Å². The molecule has 0 saturated heterocycles. The van der Waals surface area contributed by atoms with Crippen molar-refractivity contribution in [3.05, 3.63) is 56.7 Å². The highest BCUT2D eigenvalue weighted by molar-refractivity contribution is 7.10. The maximum absolute atomic E-state index is 12.9. The summed E-state index contributed by atoms with van der Waals surface area (Å²) in [5, 5.41) is 6.22. The topological polar surface area (TPSA) is 51.3 Å². The van der Waals surface area contributed by atoms with Crippen molar-refractivity contribution in [3.8, 4) is 5.82 Å². The van der Waals surface area contributed by atoms with Crippen molar-refractivity contribution < 1.29 is 9.32 Å². The molecule has 3 aromatic rings. The molecular weight excluding hydrogens is 334 g/mol. The van der Waals surface area contributed by atoms with Crippen LogP contribution in [0.1, 0.15) is 37.9 Å². The van der Waals surface area contributed by atoms with Crippen LogP contribution in [0.4, 0.5) is 0 Å². The van der Waals surface area contributed by atoms with Crippen LogP contribution in [0.15, 0.2) is 28.1 Å². The lowest BCUT2D eigenvalue weighted by atomic mass is 10.1. The number of fused-ring (bicyclic) bond motifs is 1. The van der Waals surface area contributed by atoms with Crippen molar-refractivity contribution in [2.75, 3.05) is 13.1 Å². The Hall–Kier alpha value is -2.18. The zero-order valence-electron chi connectivity index (χ0n) is 14.7. The van der Waals surface area contributed by atoms with Crippen molar-refractivity contribution >= 4 is 17.1 Å². The van der Waals surface area contributed by atoms with Gasteiger partial charge in [0.2, 0.25) is 0 Å². The van der Waals surface area contributed by atoms with E-state index >= 15 is 0 Å². The van der Waals surface area contributed by atoms with Gasteiger partial charge in [-0.15, -0.1) is 11.3 Å². The van der Waals surface area contributed by atoms with Gasteiger partial charge in [0.15, 0.2) is 11.6 Å². The predicted octanol–water partition coefficient (Wildman–Crippen LogP) is 3.69. The molecule has 0 amide bonds. The molecule has 0 saturated carbocycles. The first-order valence-electron chi connectivity index (χ1n) is 8.46. The number of hydrogen-bond acceptors (Lipinski definition) is 5. The third kappa shape index (κ3) is 2.96. The van der Waals surface area contributed by atoms with Gasteiger partial charge < -0.3 is 4.52 Å². The molecule has 0 atom stereocenters. The van der Waals surface area contributed by atoms with Gasteiger partial charge in [-0.3, -0.25) is 14.3 Å². The number of thiophene rings is 1. The van der Waals surface area contributed by atoms with E-state index in [4.69, 9.17) is 4.52 Å². The molecule has 25 heavy (non-hydrogen) atoms. The van der Waals surface area contributed by atoms with Crippen LogP contribution in [0.5, 0.6) is 0 Å². The molecule has 0 unspecified atom stereocenters. The van der Waals surface area contributed by atoms with E-state index in [-0.39, 0.29) is 5.78 Å². The molecule has 0 fully saturated rings. The second-order valence-electron chi connectivity index (χ2n) is 6.67. The molecule has 130 valence electrons. The van der Waals surface area contributed by atoms with Gasteiger partial charge in [0.25, 0.3) is 0 Å². The van der Waals surface area contributed by atoms with Crippen LogP contribution in [0, 0.1) is 20.8 Å². The van der Waals surface area contributed by atoms with E-state index < -0.39 is 0 Å². The minimum Gasteiger partial charge on any atom is -0.360 e. The number of hydrogen-bond donors (Lipinski definition) is 0. The molecule has 3 aromatic heterocycles. The second kappa shape index (κ2) is 6.28. The Balaban J connectivity index is 1.55. The van der Waals surface area contributed by atoms with Crippen LogP contribution in [-0.4, -0.2) is 33.5 Å². The van der Waals surface area contributed by atoms with Crippen molar-refractivity contribution in [1.82, 2.24) is 14.6 Å². The zero-order chi connectivity index (χ0) is 17.6. The Bertz CT molecular complexity index is 935. The third-order valence-corrected chi connectivity index (χ3v) is 5.85. The largest absolute Gasteiger partial charge is 0.360 e. The molecule has 5 nitrogen and oxygen atoms in total. The van der Waals surface area contributed by atoms with Crippen LogP contribution >= 0.6 is 11.3 Å². The summed E-state index contributed by atoms with van der Waals surface area (Å²) in [4.78, 5) is 16.6. The molecule has 0 spiro atoms. The maximum atomic E-state index is 12.9. The predicted molar refractivity (Wildman–Crippen MR) is 97.7 cm³/mol. The summed E-state index contributed by atoms with van der Waals surface area (Å²) in [6, 6.07) is 6.02. The lowest BCUT2D eigenvalue weighted by Crippen LogP contribution is -2.34. The quantitative estimate of drug-likeness (QED) is 0.670. The highest BCUT2D eigenvalue weighted by Gasteiger charge is 2.23. The maximum Gasteiger partial charge on any atom is 0.180 e. The number of ketones is 1. The molecule has 1 aliphatic rings. The van der Waals surface area contributed by atoms with Gasteiger partial charge >= 0.3 is 0 Å². The lowest BCUT2D eigenvalue weighted by Gasteiger charge is -2.26. The van der Waals surface area contributed by atoms with Gasteiger partial charge in [0.1, 0.15) is 5.76 Å². The number of aromatic nitrogens is 2. The highest BCUT2D eigenvalue weighted by atomic mass is 32.1. The minimum atomic E-state index is 0.165. The summed E-state index contributed by atoms with van der Waals surface area (Å²) in [5.74, 6) is 1.65. The summed E-state index contributed by atoms with van der Waals surface area (Å²) in [6.45, 7) is 8.10. The molecule has 6 heteroatoms. The number of Topliss-reactive ketones (excluding diaryl/α,β-unsaturated/α-hetero) is 1. The number of aryl methyl sites for hydroxylation is 2. The lowest BCUT2D eigenvalue weighted by molar-refractivity contribution is 0.0921. The van der Waals surface area contributed by atoms with Crippen molar-refractivity contribution in [2.45, 2.75) is 33.7 Å². The van der Waals surface area contributed by atoms with Crippen molar-refractivity contribution in [3.63, 3.8) is 0 Å². The van der Waals surface area contributed by atoms with Gasteiger partial charge in [0, 0.05) is 41.0 Å². The summed E-state index contributed by atoms with van der Waals surface area (Å²) in [5.41, 5.74) is 4.05. The smallest absolute Gasteiger partial charge is 0.180 e. The first-order valence-corrected chi connectivity index (χ1v) is 9.34.